The smallest absolute Gasteiger partial charge is 0.311 e. The highest BCUT2D eigenvalue weighted by atomic mass is 32.2. The lowest BCUT2D eigenvalue weighted by Gasteiger charge is -2.37. The van der Waals surface area contributed by atoms with Crippen LogP contribution in [-0.2, 0) is 14.8 Å². The number of para-hydroxylation sites is 1. The lowest BCUT2D eigenvalue weighted by atomic mass is 9.82. The number of aliphatic carboxylic acids is 1. The SMILES string of the molecule is CC1(C(=O)O)CCCN(C(=O)c2ccccc2NS(C)(=O)=O)C1. The molecule has 1 atom stereocenters. The molecule has 1 aliphatic heterocycles. The minimum atomic E-state index is -3.52. The Morgan fingerprint density at radius 1 is 1.30 bits per heavy atom. The van der Waals surface area contributed by atoms with Crippen LogP contribution in [0.3, 0.4) is 0 Å². The number of sulfonamides is 1. The quantitative estimate of drug-likeness (QED) is 0.862. The summed E-state index contributed by atoms with van der Waals surface area (Å²) in [6.45, 7) is 2.18. The first-order valence-electron chi connectivity index (χ1n) is 7.22. The summed E-state index contributed by atoms with van der Waals surface area (Å²) in [7, 11) is -3.52. The van der Waals surface area contributed by atoms with Crippen LogP contribution in [0, 0.1) is 5.41 Å². The number of rotatable bonds is 4. The number of nitrogens with zero attached hydrogens (tertiary/aromatic N) is 1. The predicted molar refractivity (Wildman–Crippen MR) is 85.8 cm³/mol. The highest BCUT2D eigenvalue weighted by Crippen LogP contribution is 2.31. The van der Waals surface area contributed by atoms with Crippen molar-refractivity contribution in [3.8, 4) is 0 Å². The maximum atomic E-state index is 12.7. The second-order valence-corrected chi connectivity index (χ2v) is 7.86. The van der Waals surface area contributed by atoms with Crippen LogP contribution in [0.25, 0.3) is 0 Å². The van der Waals surface area contributed by atoms with Gasteiger partial charge in [0, 0.05) is 13.1 Å². The molecule has 7 nitrogen and oxygen atoms in total. The number of amides is 1. The summed E-state index contributed by atoms with van der Waals surface area (Å²) in [4.78, 5) is 25.6. The third-order valence-electron chi connectivity index (χ3n) is 3.95. The van der Waals surface area contributed by atoms with Crippen molar-refractivity contribution in [1.82, 2.24) is 4.90 Å². The van der Waals surface area contributed by atoms with Crippen LogP contribution in [0.4, 0.5) is 5.69 Å². The summed E-state index contributed by atoms with van der Waals surface area (Å²) in [5.74, 6) is -1.30. The molecule has 1 heterocycles. The fourth-order valence-electron chi connectivity index (χ4n) is 2.72. The summed E-state index contributed by atoms with van der Waals surface area (Å²) >= 11 is 0. The standard InChI is InChI=1S/C15H20N2O5S/c1-15(14(19)20)8-5-9-17(10-15)13(18)11-6-3-4-7-12(11)16-23(2,21)22/h3-4,6-7,16H,5,8-10H2,1-2H3,(H,19,20). The van der Waals surface area contributed by atoms with Crippen LogP contribution in [0.5, 0.6) is 0 Å². The molecule has 0 saturated carbocycles. The molecule has 1 amide bonds. The maximum Gasteiger partial charge on any atom is 0.311 e. The molecule has 0 aromatic heterocycles. The molecule has 0 aliphatic carbocycles. The van der Waals surface area contributed by atoms with E-state index in [4.69, 9.17) is 0 Å². The van der Waals surface area contributed by atoms with E-state index in [1.807, 2.05) is 0 Å². The summed E-state index contributed by atoms with van der Waals surface area (Å²) in [5.41, 5.74) is -0.567. The van der Waals surface area contributed by atoms with Gasteiger partial charge in [-0.1, -0.05) is 12.1 Å². The third kappa shape index (κ3) is 4.01. The molecule has 23 heavy (non-hydrogen) atoms. The number of likely N-dealkylation sites (tertiary alicyclic amines) is 1. The van der Waals surface area contributed by atoms with E-state index in [0.29, 0.717) is 19.4 Å². The average molecular weight is 340 g/mol. The Morgan fingerprint density at radius 2 is 1.96 bits per heavy atom. The normalized spacial score (nSPS) is 21.7. The molecule has 0 spiro atoms. The number of carboxylic acids is 1. The van der Waals surface area contributed by atoms with Gasteiger partial charge in [0.15, 0.2) is 0 Å². The van der Waals surface area contributed by atoms with Crippen molar-refractivity contribution < 1.29 is 23.1 Å². The number of hydrogen-bond donors (Lipinski definition) is 2. The van der Waals surface area contributed by atoms with Gasteiger partial charge in [0.05, 0.1) is 22.9 Å². The number of benzene rings is 1. The Labute approximate surface area is 135 Å². The van der Waals surface area contributed by atoms with E-state index in [1.165, 1.54) is 17.0 Å². The van der Waals surface area contributed by atoms with Crippen LogP contribution >= 0.6 is 0 Å². The van der Waals surface area contributed by atoms with Gasteiger partial charge in [0.2, 0.25) is 10.0 Å². The van der Waals surface area contributed by atoms with Gasteiger partial charge in [0.25, 0.3) is 5.91 Å². The van der Waals surface area contributed by atoms with E-state index < -0.39 is 21.4 Å². The first kappa shape index (κ1) is 17.3. The number of carbonyl (C=O) groups excluding carboxylic acids is 1. The molecule has 8 heteroatoms. The Morgan fingerprint density at radius 3 is 2.57 bits per heavy atom. The highest BCUT2D eigenvalue weighted by molar-refractivity contribution is 7.92. The van der Waals surface area contributed by atoms with E-state index in [1.54, 1.807) is 19.1 Å². The molecule has 1 unspecified atom stereocenters. The molecule has 2 N–H and O–H groups in total. The molecule has 1 saturated heterocycles. The Kier molecular flexibility index (Phi) is 4.65. The minimum Gasteiger partial charge on any atom is -0.481 e. The maximum absolute atomic E-state index is 12.7. The monoisotopic (exact) mass is 340 g/mol. The Balaban J connectivity index is 2.29. The van der Waals surface area contributed by atoms with Crippen LogP contribution in [0.2, 0.25) is 0 Å². The van der Waals surface area contributed by atoms with Crippen LogP contribution in [0.1, 0.15) is 30.1 Å². The number of carbonyl (C=O) groups is 2. The van der Waals surface area contributed by atoms with Crippen molar-refractivity contribution in [2.75, 3.05) is 24.1 Å². The molecule has 1 aromatic rings. The average Bonchev–Trinajstić information content (AvgIpc) is 2.45. The van der Waals surface area contributed by atoms with E-state index in [9.17, 15) is 23.1 Å². The van der Waals surface area contributed by atoms with E-state index >= 15 is 0 Å². The summed E-state index contributed by atoms with van der Waals surface area (Å²) < 4.78 is 25.2. The molecule has 1 fully saturated rings. The first-order valence-corrected chi connectivity index (χ1v) is 9.11. The number of hydrogen-bond acceptors (Lipinski definition) is 4. The second kappa shape index (κ2) is 6.19. The van der Waals surface area contributed by atoms with Crippen LogP contribution in [-0.4, -0.2) is 49.6 Å². The summed E-state index contributed by atoms with van der Waals surface area (Å²) in [6, 6.07) is 6.31. The fraction of sp³-hybridized carbons (Fsp3) is 0.467. The van der Waals surface area contributed by atoms with E-state index in [-0.39, 0.29) is 23.7 Å². The molecule has 0 bridgehead atoms. The van der Waals surface area contributed by atoms with Crippen LogP contribution < -0.4 is 4.72 Å². The lowest BCUT2D eigenvalue weighted by molar-refractivity contribution is -0.150. The Hall–Kier alpha value is -2.09. The zero-order chi connectivity index (χ0) is 17.3. The van der Waals surface area contributed by atoms with Crippen molar-refractivity contribution in [2.24, 2.45) is 5.41 Å². The molecule has 0 radical (unpaired) electrons. The largest absolute Gasteiger partial charge is 0.481 e. The number of carboxylic acid groups (broad SMARTS) is 1. The first-order chi connectivity index (χ1) is 10.6. The second-order valence-electron chi connectivity index (χ2n) is 6.12. The lowest BCUT2D eigenvalue weighted by Crippen LogP contribution is -2.48. The van der Waals surface area contributed by atoms with Crippen molar-refractivity contribution in [2.45, 2.75) is 19.8 Å². The van der Waals surface area contributed by atoms with Gasteiger partial charge in [-0.3, -0.25) is 14.3 Å². The van der Waals surface area contributed by atoms with Gasteiger partial charge in [0.1, 0.15) is 0 Å². The van der Waals surface area contributed by atoms with Crippen molar-refractivity contribution >= 4 is 27.6 Å². The molecule has 126 valence electrons. The van der Waals surface area contributed by atoms with E-state index in [2.05, 4.69) is 4.72 Å². The van der Waals surface area contributed by atoms with Gasteiger partial charge in [-0.05, 0) is 31.9 Å². The summed E-state index contributed by atoms with van der Waals surface area (Å²) in [5, 5.41) is 9.35. The fourth-order valence-corrected chi connectivity index (χ4v) is 3.29. The van der Waals surface area contributed by atoms with Gasteiger partial charge >= 0.3 is 5.97 Å². The van der Waals surface area contributed by atoms with Crippen LogP contribution in [0.15, 0.2) is 24.3 Å². The minimum absolute atomic E-state index is 0.106. The van der Waals surface area contributed by atoms with Gasteiger partial charge < -0.3 is 10.0 Å². The van der Waals surface area contributed by atoms with Gasteiger partial charge in [-0.2, -0.15) is 0 Å². The molecule has 2 rings (SSSR count). The molecular formula is C15H20N2O5S. The highest BCUT2D eigenvalue weighted by Gasteiger charge is 2.39. The number of piperidine rings is 1. The van der Waals surface area contributed by atoms with Crippen molar-refractivity contribution in [3.63, 3.8) is 0 Å². The Bertz CT molecular complexity index is 731. The zero-order valence-corrected chi connectivity index (χ0v) is 13.9. The zero-order valence-electron chi connectivity index (χ0n) is 13.1. The number of nitrogens with one attached hydrogen (secondary N) is 1. The topological polar surface area (TPSA) is 104 Å². The van der Waals surface area contributed by atoms with E-state index in [0.717, 1.165) is 6.26 Å². The van der Waals surface area contributed by atoms with Crippen molar-refractivity contribution in [3.05, 3.63) is 29.8 Å². The molecular weight excluding hydrogens is 320 g/mol. The predicted octanol–water partition coefficient (Wildman–Crippen LogP) is 1.39. The molecule has 1 aliphatic rings. The van der Waals surface area contributed by atoms with Gasteiger partial charge in [-0.25, -0.2) is 8.42 Å². The molecule has 1 aromatic carbocycles. The third-order valence-corrected chi connectivity index (χ3v) is 4.54. The van der Waals surface area contributed by atoms with Crippen molar-refractivity contribution in [1.29, 1.82) is 0 Å². The number of anilines is 1. The van der Waals surface area contributed by atoms with Gasteiger partial charge in [-0.15, -0.1) is 0 Å². The summed E-state index contributed by atoms with van der Waals surface area (Å²) in [6.07, 6.45) is 2.11.